The molecule has 4 heteroatoms. The van der Waals surface area contributed by atoms with Gasteiger partial charge in [0.2, 0.25) is 0 Å². The van der Waals surface area contributed by atoms with Crippen LogP contribution in [0, 0.1) is 0 Å². The van der Waals surface area contributed by atoms with Gasteiger partial charge in [0.05, 0.1) is 4.88 Å². The second-order valence-electron chi connectivity index (χ2n) is 3.64. The quantitative estimate of drug-likeness (QED) is 0.873. The summed E-state index contributed by atoms with van der Waals surface area (Å²) in [5.74, 6) is -0.132. The van der Waals surface area contributed by atoms with Crippen molar-refractivity contribution in [2.75, 3.05) is 0 Å². The average Bonchev–Trinajstić information content (AvgIpc) is 2.60. The molecule has 0 saturated carbocycles. The number of carbonyl (C=O) groups is 1. The zero-order valence-electron chi connectivity index (χ0n) is 9.78. The molecule has 0 aromatic carbocycles. The van der Waals surface area contributed by atoms with Crippen molar-refractivity contribution in [1.29, 1.82) is 0 Å². The Morgan fingerprint density at radius 2 is 2.25 bits per heavy atom. The molecule has 0 fully saturated rings. The van der Waals surface area contributed by atoms with E-state index in [1.807, 2.05) is 32.9 Å². The number of allylic oxidation sites excluding steroid dienone is 1. The highest BCUT2D eigenvalue weighted by Gasteiger charge is 2.16. The Balaban J connectivity index is 3.08. The van der Waals surface area contributed by atoms with Gasteiger partial charge in [-0.25, -0.2) is 0 Å². The predicted octanol–water partition coefficient (Wildman–Crippen LogP) is 2.96. The third kappa shape index (κ3) is 2.79. The van der Waals surface area contributed by atoms with E-state index in [1.165, 1.54) is 11.5 Å². The fourth-order valence-electron chi connectivity index (χ4n) is 1.28. The van der Waals surface area contributed by atoms with E-state index in [4.69, 9.17) is 0 Å². The van der Waals surface area contributed by atoms with Crippen LogP contribution >= 0.6 is 11.5 Å². The minimum atomic E-state index is -0.132. The lowest BCUT2D eigenvalue weighted by Crippen LogP contribution is -2.30. The lowest BCUT2D eigenvalue weighted by molar-refractivity contribution is 0.0939. The SMILES string of the molecule is C=Cc1snc(C(=O)NC(C)C)c1/C=C\C. The first kappa shape index (κ1) is 12.6. The molecular weight excluding hydrogens is 220 g/mol. The van der Waals surface area contributed by atoms with Gasteiger partial charge in [-0.1, -0.05) is 18.7 Å². The van der Waals surface area contributed by atoms with Crippen LogP contribution in [0.1, 0.15) is 41.7 Å². The van der Waals surface area contributed by atoms with Crippen LogP contribution < -0.4 is 5.32 Å². The van der Waals surface area contributed by atoms with Gasteiger partial charge in [0.15, 0.2) is 0 Å². The molecule has 0 saturated heterocycles. The van der Waals surface area contributed by atoms with Gasteiger partial charge >= 0.3 is 0 Å². The molecule has 0 spiro atoms. The topological polar surface area (TPSA) is 42.0 Å². The Morgan fingerprint density at radius 3 is 2.75 bits per heavy atom. The van der Waals surface area contributed by atoms with Gasteiger partial charge in [-0.05, 0) is 38.4 Å². The molecule has 0 bridgehead atoms. The Hall–Kier alpha value is -1.42. The zero-order valence-corrected chi connectivity index (χ0v) is 10.6. The van der Waals surface area contributed by atoms with Gasteiger partial charge in [0.25, 0.3) is 5.91 Å². The lowest BCUT2D eigenvalue weighted by Gasteiger charge is -2.06. The number of hydrogen-bond donors (Lipinski definition) is 1. The Morgan fingerprint density at radius 1 is 1.56 bits per heavy atom. The summed E-state index contributed by atoms with van der Waals surface area (Å²) in [5, 5.41) is 2.83. The van der Waals surface area contributed by atoms with Crippen molar-refractivity contribution >= 4 is 29.6 Å². The molecule has 86 valence electrons. The summed E-state index contributed by atoms with van der Waals surface area (Å²) in [7, 11) is 0. The van der Waals surface area contributed by atoms with E-state index in [0.717, 1.165) is 10.4 Å². The van der Waals surface area contributed by atoms with Crippen molar-refractivity contribution < 1.29 is 4.79 Å². The second kappa shape index (κ2) is 5.61. The van der Waals surface area contributed by atoms with Crippen molar-refractivity contribution in [1.82, 2.24) is 9.69 Å². The molecule has 16 heavy (non-hydrogen) atoms. The highest BCUT2D eigenvalue weighted by atomic mass is 32.1. The van der Waals surface area contributed by atoms with Crippen LogP contribution in [0.4, 0.5) is 0 Å². The summed E-state index contributed by atoms with van der Waals surface area (Å²) in [6.07, 6.45) is 5.50. The number of amides is 1. The summed E-state index contributed by atoms with van der Waals surface area (Å²) in [5.41, 5.74) is 1.33. The van der Waals surface area contributed by atoms with Gasteiger partial charge in [-0.3, -0.25) is 4.79 Å². The van der Waals surface area contributed by atoms with E-state index < -0.39 is 0 Å². The van der Waals surface area contributed by atoms with Crippen LogP contribution in [0.5, 0.6) is 0 Å². The first-order valence-electron chi connectivity index (χ1n) is 5.15. The van der Waals surface area contributed by atoms with Crippen molar-refractivity contribution in [3.05, 3.63) is 28.8 Å². The first-order chi connectivity index (χ1) is 7.60. The molecule has 1 aromatic heterocycles. The normalized spacial score (nSPS) is 11.0. The third-order valence-corrected chi connectivity index (χ3v) is 2.77. The molecule has 1 N–H and O–H groups in total. The standard InChI is InChI=1S/C12H16N2OS/c1-5-7-9-10(6-2)16-14-11(9)12(15)13-8(3)4/h5-8H,2H2,1,3-4H3,(H,13,15)/b7-5-. The fraction of sp³-hybridized carbons (Fsp3) is 0.333. The van der Waals surface area contributed by atoms with Crippen molar-refractivity contribution in [2.45, 2.75) is 26.8 Å². The smallest absolute Gasteiger partial charge is 0.271 e. The molecule has 0 aliphatic rings. The fourth-order valence-corrected chi connectivity index (χ4v) is 1.99. The molecule has 1 heterocycles. The molecule has 0 aliphatic heterocycles. The number of hydrogen-bond acceptors (Lipinski definition) is 3. The van der Waals surface area contributed by atoms with Crippen molar-refractivity contribution in [3.8, 4) is 0 Å². The molecule has 3 nitrogen and oxygen atoms in total. The molecule has 1 rings (SSSR count). The van der Waals surface area contributed by atoms with Gasteiger partial charge in [0.1, 0.15) is 5.69 Å². The third-order valence-electron chi connectivity index (χ3n) is 1.91. The van der Waals surface area contributed by atoms with E-state index >= 15 is 0 Å². The van der Waals surface area contributed by atoms with Crippen LogP contribution in [-0.4, -0.2) is 16.3 Å². The minimum Gasteiger partial charge on any atom is -0.348 e. The number of nitrogens with zero attached hydrogens (tertiary/aromatic N) is 1. The van der Waals surface area contributed by atoms with E-state index in [1.54, 1.807) is 6.08 Å². The molecular formula is C12H16N2OS. The maximum Gasteiger partial charge on any atom is 0.271 e. The molecule has 0 aliphatic carbocycles. The molecule has 1 amide bonds. The van der Waals surface area contributed by atoms with Crippen molar-refractivity contribution in [2.24, 2.45) is 0 Å². The highest BCUT2D eigenvalue weighted by Crippen LogP contribution is 2.21. The second-order valence-corrected chi connectivity index (χ2v) is 4.45. The Kier molecular flexibility index (Phi) is 4.43. The summed E-state index contributed by atoms with van der Waals surface area (Å²) in [6.45, 7) is 9.47. The number of nitrogens with one attached hydrogen (secondary N) is 1. The van der Waals surface area contributed by atoms with E-state index in [0.29, 0.717) is 5.69 Å². The van der Waals surface area contributed by atoms with Crippen molar-refractivity contribution in [3.63, 3.8) is 0 Å². The van der Waals surface area contributed by atoms with Gasteiger partial charge in [-0.15, -0.1) is 0 Å². The first-order valence-corrected chi connectivity index (χ1v) is 5.93. The minimum absolute atomic E-state index is 0.111. The average molecular weight is 236 g/mol. The maximum atomic E-state index is 11.8. The predicted molar refractivity (Wildman–Crippen MR) is 69.5 cm³/mol. The summed E-state index contributed by atoms with van der Waals surface area (Å²) in [6, 6.07) is 0.111. The van der Waals surface area contributed by atoms with E-state index in [2.05, 4.69) is 16.3 Å². The number of aromatic nitrogens is 1. The Bertz CT molecular complexity index is 419. The van der Waals surface area contributed by atoms with Gasteiger partial charge < -0.3 is 5.32 Å². The molecule has 0 radical (unpaired) electrons. The van der Waals surface area contributed by atoms with Crippen LogP contribution in [0.2, 0.25) is 0 Å². The number of rotatable bonds is 4. The maximum absolute atomic E-state index is 11.8. The van der Waals surface area contributed by atoms with E-state index in [9.17, 15) is 4.79 Å². The molecule has 0 unspecified atom stereocenters. The molecule has 1 aromatic rings. The van der Waals surface area contributed by atoms with Gasteiger partial charge in [-0.2, -0.15) is 4.37 Å². The highest BCUT2D eigenvalue weighted by molar-refractivity contribution is 7.07. The zero-order chi connectivity index (χ0) is 12.1. The van der Waals surface area contributed by atoms with Crippen LogP contribution in [0.3, 0.4) is 0 Å². The Labute approximate surface area is 100 Å². The van der Waals surface area contributed by atoms with Crippen LogP contribution in [0.25, 0.3) is 12.2 Å². The van der Waals surface area contributed by atoms with Gasteiger partial charge in [0, 0.05) is 11.6 Å². The molecule has 0 atom stereocenters. The summed E-state index contributed by atoms with van der Waals surface area (Å²) < 4.78 is 4.17. The summed E-state index contributed by atoms with van der Waals surface area (Å²) in [4.78, 5) is 12.8. The van der Waals surface area contributed by atoms with Crippen LogP contribution in [-0.2, 0) is 0 Å². The summed E-state index contributed by atoms with van der Waals surface area (Å²) >= 11 is 1.29. The number of carbonyl (C=O) groups excluding carboxylic acids is 1. The van der Waals surface area contributed by atoms with E-state index in [-0.39, 0.29) is 11.9 Å². The van der Waals surface area contributed by atoms with Crippen LogP contribution in [0.15, 0.2) is 12.7 Å². The monoisotopic (exact) mass is 236 g/mol. The lowest BCUT2D eigenvalue weighted by atomic mass is 10.1. The largest absolute Gasteiger partial charge is 0.348 e.